The summed E-state index contributed by atoms with van der Waals surface area (Å²) in [5.74, 6) is -1.33. The number of carbonyl (C=O) groups excluding carboxylic acids is 2. The molecule has 0 spiro atoms. The predicted octanol–water partition coefficient (Wildman–Crippen LogP) is 1.86. The summed E-state index contributed by atoms with van der Waals surface area (Å²) in [5.41, 5.74) is 0.374. The van der Waals surface area contributed by atoms with Crippen molar-refractivity contribution in [2.45, 2.75) is 12.8 Å². The Morgan fingerprint density at radius 3 is 2.55 bits per heavy atom. The highest BCUT2D eigenvalue weighted by atomic mass is 35.5. The Kier molecular flexibility index (Phi) is 5.79. The molecule has 1 aromatic carbocycles. The van der Waals surface area contributed by atoms with Crippen molar-refractivity contribution in [1.29, 1.82) is 0 Å². The van der Waals surface area contributed by atoms with E-state index in [1.807, 2.05) is 5.32 Å². The third kappa shape index (κ3) is 5.15. The average Bonchev–Trinajstić information content (AvgIpc) is 2.36. The lowest BCUT2D eigenvalue weighted by molar-refractivity contribution is -0.138. The number of urea groups is 1. The van der Waals surface area contributed by atoms with Crippen molar-refractivity contribution in [3.63, 3.8) is 0 Å². The second-order valence-corrected chi connectivity index (χ2v) is 4.15. The van der Waals surface area contributed by atoms with Crippen molar-refractivity contribution in [2.24, 2.45) is 0 Å². The number of ether oxygens (including phenoxy) is 1. The molecule has 20 heavy (non-hydrogen) atoms. The number of aliphatic carboxylic acids is 1. The topological polar surface area (TPSA) is 105 Å². The lowest BCUT2D eigenvalue weighted by Gasteiger charge is -2.08. The highest BCUT2D eigenvalue weighted by Gasteiger charge is 2.10. The second kappa shape index (κ2) is 7.34. The van der Waals surface area contributed by atoms with Crippen molar-refractivity contribution in [1.82, 2.24) is 5.32 Å². The van der Waals surface area contributed by atoms with Crippen LogP contribution in [0.1, 0.15) is 12.8 Å². The molecule has 3 amide bonds. The predicted molar refractivity (Wildman–Crippen MR) is 72.0 cm³/mol. The lowest BCUT2D eigenvalue weighted by atomic mass is 10.3. The van der Waals surface area contributed by atoms with Gasteiger partial charge in [0.15, 0.2) is 0 Å². The van der Waals surface area contributed by atoms with E-state index >= 15 is 0 Å². The first-order chi connectivity index (χ1) is 9.42. The molecule has 0 radical (unpaired) electrons. The largest absolute Gasteiger partial charge is 0.495 e. The highest BCUT2D eigenvalue weighted by Crippen LogP contribution is 2.27. The molecule has 0 saturated heterocycles. The smallest absolute Gasteiger partial charge is 0.325 e. The summed E-state index contributed by atoms with van der Waals surface area (Å²) in [6, 6.07) is 3.80. The molecule has 0 heterocycles. The number of methoxy groups -OCH3 is 1. The van der Waals surface area contributed by atoms with Crippen molar-refractivity contribution >= 4 is 35.2 Å². The monoisotopic (exact) mass is 300 g/mol. The Labute approximate surface area is 119 Å². The second-order valence-electron chi connectivity index (χ2n) is 3.75. The number of rotatable bonds is 5. The molecule has 1 rings (SSSR count). The molecule has 0 saturated carbocycles. The summed E-state index contributed by atoms with van der Waals surface area (Å²) in [6.45, 7) is 0. The third-order valence-electron chi connectivity index (χ3n) is 2.23. The molecule has 108 valence electrons. The first-order valence-electron chi connectivity index (χ1n) is 5.58. The summed E-state index contributed by atoms with van der Waals surface area (Å²) < 4.78 is 4.95. The number of imide groups is 1. The summed E-state index contributed by atoms with van der Waals surface area (Å²) in [7, 11) is 1.46. The van der Waals surface area contributed by atoms with E-state index in [1.54, 1.807) is 12.1 Å². The molecular weight excluding hydrogens is 288 g/mol. The maximum Gasteiger partial charge on any atom is 0.325 e. The van der Waals surface area contributed by atoms with Gasteiger partial charge >= 0.3 is 12.0 Å². The molecule has 0 fully saturated rings. The average molecular weight is 301 g/mol. The highest BCUT2D eigenvalue weighted by molar-refractivity contribution is 6.32. The number of nitrogens with one attached hydrogen (secondary N) is 2. The minimum absolute atomic E-state index is 0.272. The fourth-order valence-corrected chi connectivity index (χ4v) is 1.57. The molecule has 0 aromatic heterocycles. The van der Waals surface area contributed by atoms with Gasteiger partial charge in [-0.05, 0) is 18.2 Å². The summed E-state index contributed by atoms with van der Waals surface area (Å²) in [4.78, 5) is 33.0. The standard InChI is InChI=1S/C12H13ClN2O5/c1-20-9-3-2-7(6-8(9)13)14-12(19)15-10(16)4-5-11(17)18/h2-3,6H,4-5H2,1H3,(H,17,18)(H2,14,15,16,19). The van der Waals surface area contributed by atoms with Gasteiger partial charge in [-0.25, -0.2) is 4.79 Å². The zero-order valence-corrected chi connectivity index (χ0v) is 11.4. The maximum absolute atomic E-state index is 11.5. The molecule has 0 aliphatic carbocycles. The van der Waals surface area contributed by atoms with Crippen LogP contribution < -0.4 is 15.4 Å². The Balaban J connectivity index is 2.52. The molecule has 0 aliphatic heterocycles. The fourth-order valence-electron chi connectivity index (χ4n) is 1.32. The number of carboxylic acids is 1. The molecular formula is C12H13ClN2O5. The Hall–Kier alpha value is -2.28. The maximum atomic E-state index is 11.5. The first kappa shape index (κ1) is 15.8. The molecule has 0 unspecified atom stereocenters. The van der Waals surface area contributed by atoms with E-state index in [0.717, 1.165) is 0 Å². The number of hydrogen-bond acceptors (Lipinski definition) is 4. The Bertz CT molecular complexity index is 533. The molecule has 0 aliphatic rings. The van der Waals surface area contributed by atoms with Crippen LogP contribution in [0.3, 0.4) is 0 Å². The summed E-state index contributed by atoms with van der Waals surface area (Å²) in [5, 5.41) is 13.1. The van der Waals surface area contributed by atoms with E-state index < -0.39 is 17.9 Å². The van der Waals surface area contributed by atoms with Crippen molar-refractivity contribution in [3.05, 3.63) is 23.2 Å². The van der Waals surface area contributed by atoms with Gasteiger partial charge in [0.25, 0.3) is 0 Å². The van der Waals surface area contributed by atoms with Gasteiger partial charge in [0.2, 0.25) is 5.91 Å². The van der Waals surface area contributed by atoms with Crippen LogP contribution in [-0.4, -0.2) is 30.1 Å². The van der Waals surface area contributed by atoms with Crippen LogP contribution in [0.15, 0.2) is 18.2 Å². The number of halogens is 1. The molecule has 3 N–H and O–H groups in total. The number of anilines is 1. The van der Waals surface area contributed by atoms with Crippen LogP contribution in [0, 0.1) is 0 Å². The number of carbonyl (C=O) groups is 3. The van der Waals surface area contributed by atoms with Crippen LogP contribution >= 0.6 is 11.6 Å². The number of benzene rings is 1. The quantitative estimate of drug-likeness (QED) is 0.770. The lowest BCUT2D eigenvalue weighted by Crippen LogP contribution is -2.34. The molecule has 8 heteroatoms. The number of carboxylic acid groups (broad SMARTS) is 1. The zero-order chi connectivity index (χ0) is 15.1. The Morgan fingerprint density at radius 1 is 1.30 bits per heavy atom. The fraction of sp³-hybridized carbons (Fsp3) is 0.250. The minimum atomic E-state index is -1.11. The molecule has 0 bridgehead atoms. The van der Waals surface area contributed by atoms with Crippen LogP contribution in [0.4, 0.5) is 10.5 Å². The van der Waals surface area contributed by atoms with Crippen LogP contribution in [0.5, 0.6) is 5.75 Å². The van der Waals surface area contributed by atoms with Gasteiger partial charge in [-0.15, -0.1) is 0 Å². The SMILES string of the molecule is COc1ccc(NC(=O)NC(=O)CCC(=O)O)cc1Cl. The van der Waals surface area contributed by atoms with Gasteiger partial charge in [0.05, 0.1) is 18.6 Å². The van der Waals surface area contributed by atoms with E-state index in [4.69, 9.17) is 21.4 Å². The van der Waals surface area contributed by atoms with E-state index in [-0.39, 0.29) is 12.8 Å². The summed E-state index contributed by atoms with van der Waals surface area (Å²) in [6.07, 6.45) is -0.612. The Morgan fingerprint density at radius 2 is 2.00 bits per heavy atom. The van der Waals surface area contributed by atoms with Gasteiger partial charge in [-0.1, -0.05) is 11.6 Å². The first-order valence-corrected chi connectivity index (χ1v) is 5.96. The number of hydrogen-bond donors (Lipinski definition) is 3. The van der Waals surface area contributed by atoms with Gasteiger partial charge in [-0.2, -0.15) is 0 Å². The van der Waals surface area contributed by atoms with Crippen molar-refractivity contribution in [2.75, 3.05) is 12.4 Å². The van der Waals surface area contributed by atoms with Crippen LogP contribution in [0.2, 0.25) is 5.02 Å². The van der Waals surface area contributed by atoms with Gasteiger partial charge in [0, 0.05) is 12.1 Å². The molecule has 0 atom stereocenters. The minimum Gasteiger partial charge on any atom is -0.495 e. The zero-order valence-electron chi connectivity index (χ0n) is 10.6. The number of amides is 3. The summed E-state index contributed by atoms with van der Waals surface area (Å²) >= 11 is 5.87. The van der Waals surface area contributed by atoms with Gasteiger partial charge in [0.1, 0.15) is 5.75 Å². The van der Waals surface area contributed by atoms with Crippen molar-refractivity contribution in [3.8, 4) is 5.75 Å². The van der Waals surface area contributed by atoms with Crippen LogP contribution in [0.25, 0.3) is 0 Å². The molecule has 7 nitrogen and oxygen atoms in total. The van der Waals surface area contributed by atoms with E-state index in [9.17, 15) is 14.4 Å². The van der Waals surface area contributed by atoms with Crippen molar-refractivity contribution < 1.29 is 24.2 Å². The van der Waals surface area contributed by atoms with E-state index in [0.29, 0.717) is 16.5 Å². The van der Waals surface area contributed by atoms with Gasteiger partial charge < -0.3 is 15.2 Å². The van der Waals surface area contributed by atoms with E-state index in [2.05, 4.69) is 5.32 Å². The van der Waals surface area contributed by atoms with Crippen LogP contribution in [-0.2, 0) is 9.59 Å². The third-order valence-corrected chi connectivity index (χ3v) is 2.52. The normalized spacial score (nSPS) is 9.70. The van der Waals surface area contributed by atoms with E-state index in [1.165, 1.54) is 13.2 Å². The molecule has 1 aromatic rings. The van der Waals surface area contributed by atoms with Gasteiger partial charge in [-0.3, -0.25) is 14.9 Å².